The van der Waals surface area contributed by atoms with Crippen LogP contribution in [0.4, 0.5) is 0 Å². The molecule has 0 aliphatic heterocycles. The number of hydrogen-bond donors (Lipinski definition) is 2. The van der Waals surface area contributed by atoms with E-state index < -0.39 is 0 Å². The van der Waals surface area contributed by atoms with Crippen molar-refractivity contribution in [2.75, 3.05) is 40.3 Å². The molecule has 2 N–H and O–H groups in total. The van der Waals surface area contributed by atoms with E-state index in [4.69, 9.17) is 5.11 Å². The van der Waals surface area contributed by atoms with Crippen molar-refractivity contribution >= 4 is 24.8 Å². The highest BCUT2D eigenvalue weighted by molar-refractivity contribution is 5.85. The van der Waals surface area contributed by atoms with Crippen LogP contribution in [0, 0.1) is 0 Å². The predicted molar refractivity (Wildman–Crippen MR) is 53.0 cm³/mol. The highest BCUT2D eigenvalue weighted by atomic mass is 35.5. The maximum absolute atomic E-state index is 8.47. The first kappa shape index (κ1) is 17.5. The lowest BCUT2D eigenvalue weighted by atomic mass is 10.5. The van der Waals surface area contributed by atoms with Gasteiger partial charge < -0.3 is 15.3 Å². The summed E-state index contributed by atoms with van der Waals surface area (Å²) in [5, 5.41) is 11.5. The fourth-order valence-corrected chi connectivity index (χ4v) is 0.585. The van der Waals surface area contributed by atoms with Crippen molar-refractivity contribution in [2.45, 2.75) is 0 Å². The molecule has 0 bridgehead atoms. The molecule has 0 aliphatic carbocycles. The van der Waals surface area contributed by atoms with Gasteiger partial charge in [-0.15, -0.1) is 24.8 Å². The molecule has 0 radical (unpaired) electrons. The topological polar surface area (TPSA) is 35.5 Å². The third-order valence-corrected chi connectivity index (χ3v) is 1.23. The molecule has 0 aliphatic rings. The molecule has 0 aromatic carbocycles. The van der Waals surface area contributed by atoms with Crippen molar-refractivity contribution in [1.82, 2.24) is 10.2 Å². The Morgan fingerprint density at radius 2 is 1.82 bits per heavy atom. The number of halogens is 2. The second kappa shape index (κ2) is 13.1. The third kappa shape index (κ3) is 13.5. The van der Waals surface area contributed by atoms with Crippen LogP contribution in [0.25, 0.3) is 0 Å². The molecule has 5 heteroatoms. The van der Waals surface area contributed by atoms with Crippen molar-refractivity contribution in [3.63, 3.8) is 0 Å². The van der Waals surface area contributed by atoms with Crippen LogP contribution in [0.1, 0.15) is 0 Å². The van der Waals surface area contributed by atoms with Crippen LogP contribution in [0.3, 0.4) is 0 Å². The van der Waals surface area contributed by atoms with Gasteiger partial charge in [0.25, 0.3) is 0 Å². The molecule has 0 aromatic rings. The van der Waals surface area contributed by atoms with Gasteiger partial charge in [0.2, 0.25) is 0 Å². The number of aliphatic hydroxyl groups excluding tert-OH is 1. The molecule has 72 valence electrons. The summed E-state index contributed by atoms with van der Waals surface area (Å²) in [7, 11) is 3.92. The molecule has 0 aromatic heterocycles. The van der Waals surface area contributed by atoms with E-state index in [9.17, 15) is 0 Å². The maximum Gasteiger partial charge on any atom is 0.0558 e. The van der Waals surface area contributed by atoms with Crippen LogP contribution in [0.15, 0.2) is 0 Å². The van der Waals surface area contributed by atoms with Crippen molar-refractivity contribution < 1.29 is 5.11 Å². The lowest BCUT2D eigenvalue weighted by Gasteiger charge is -2.13. The van der Waals surface area contributed by atoms with Gasteiger partial charge in [-0.1, -0.05) is 0 Å². The molecule has 3 nitrogen and oxygen atoms in total. The van der Waals surface area contributed by atoms with E-state index >= 15 is 0 Å². The standard InChI is InChI=1S/C6H16N2O.2ClH/c1-7-3-4-8(2)5-6-9;;/h7,9H,3-6H2,1-2H3;2*1H. The van der Waals surface area contributed by atoms with Crippen LogP contribution in [0.2, 0.25) is 0 Å². The van der Waals surface area contributed by atoms with Gasteiger partial charge in [0, 0.05) is 19.6 Å². The van der Waals surface area contributed by atoms with Crippen LogP contribution in [-0.4, -0.2) is 50.3 Å². The molecule has 0 rings (SSSR count). The molecule has 0 saturated heterocycles. The molecule has 0 saturated carbocycles. The van der Waals surface area contributed by atoms with Crippen molar-refractivity contribution in [3.05, 3.63) is 0 Å². The third-order valence-electron chi connectivity index (χ3n) is 1.23. The van der Waals surface area contributed by atoms with E-state index in [-0.39, 0.29) is 31.4 Å². The van der Waals surface area contributed by atoms with Crippen LogP contribution < -0.4 is 5.32 Å². The van der Waals surface area contributed by atoms with Gasteiger partial charge in [-0.3, -0.25) is 0 Å². The van der Waals surface area contributed by atoms with Crippen molar-refractivity contribution in [2.24, 2.45) is 0 Å². The molecule has 0 heterocycles. The van der Waals surface area contributed by atoms with E-state index in [1.165, 1.54) is 0 Å². The molecular weight excluding hydrogens is 187 g/mol. The minimum absolute atomic E-state index is 0. The number of rotatable bonds is 5. The van der Waals surface area contributed by atoms with Gasteiger partial charge in [0.05, 0.1) is 6.61 Å². The Hall–Kier alpha value is 0.460. The van der Waals surface area contributed by atoms with E-state index in [0.29, 0.717) is 0 Å². The minimum Gasteiger partial charge on any atom is -0.395 e. The number of likely N-dealkylation sites (N-methyl/N-ethyl adjacent to an activating group) is 2. The fourth-order valence-electron chi connectivity index (χ4n) is 0.585. The Balaban J connectivity index is -0.000000320. The first-order valence-electron chi connectivity index (χ1n) is 3.25. The van der Waals surface area contributed by atoms with E-state index in [1.54, 1.807) is 0 Å². The zero-order chi connectivity index (χ0) is 7.11. The summed E-state index contributed by atoms with van der Waals surface area (Å²) in [4.78, 5) is 2.08. The minimum atomic E-state index is 0. The summed E-state index contributed by atoms with van der Waals surface area (Å²) in [6, 6.07) is 0. The van der Waals surface area contributed by atoms with Gasteiger partial charge in [0.1, 0.15) is 0 Å². The number of nitrogens with zero attached hydrogens (tertiary/aromatic N) is 1. The lowest BCUT2D eigenvalue weighted by molar-refractivity contribution is 0.222. The maximum atomic E-state index is 8.47. The molecule has 0 fully saturated rings. The van der Waals surface area contributed by atoms with E-state index in [1.807, 2.05) is 14.1 Å². The van der Waals surface area contributed by atoms with Crippen molar-refractivity contribution in [3.8, 4) is 0 Å². The Kier molecular flexibility index (Phi) is 20.8. The highest BCUT2D eigenvalue weighted by Crippen LogP contribution is 1.76. The fraction of sp³-hybridized carbons (Fsp3) is 1.00. The first-order chi connectivity index (χ1) is 4.31. The summed E-state index contributed by atoms with van der Waals surface area (Å²) in [5.41, 5.74) is 0. The predicted octanol–water partition coefficient (Wildman–Crippen LogP) is -0.0265. The average molecular weight is 205 g/mol. The largest absolute Gasteiger partial charge is 0.395 e. The normalized spacial score (nSPS) is 8.73. The number of aliphatic hydroxyl groups is 1. The Morgan fingerprint density at radius 3 is 2.18 bits per heavy atom. The van der Waals surface area contributed by atoms with Gasteiger partial charge in [-0.25, -0.2) is 0 Å². The number of hydrogen-bond acceptors (Lipinski definition) is 3. The van der Waals surface area contributed by atoms with E-state index in [0.717, 1.165) is 19.6 Å². The SMILES string of the molecule is CNCCN(C)CCO.Cl.Cl. The zero-order valence-electron chi connectivity index (χ0n) is 7.04. The summed E-state index contributed by atoms with van der Waals surface area (Å²) in [6.07, 6.45) is 0. The molecule has 0 spiro atoms. The first-order valence-corrected chi connectivity index (χ1v) is 3.25. The molecule has 11 heavy (non-hydrogen) atoms. The molecule has 0 atom stereocenters. The van der Waals surface area contributed by atoms with Gasteiger partial charge in [-0.2, -0.15) is 0 Å². The van der Waals surface area contributed by atoms with Crippen LogP contribution in [0.5, 0.6) is 0 Å². The van der Waals surface area contributed by atoms with Gasteiger partial charge in [-0.05, 0) is 14.1 Å². The summed E-state index contributed by atoms with van der Waals surface area (Å²) in [5.74, 6) is 0. The summed E-state index contributed by atoms with van der Waals surface area (Å²) < 4.78 is 0. The van der Waals surface area contributed by atoms with Crippen molar-refractivity contribution in [1.29, 1.82) is 0 Å². The Bertz CT molecular complexity index is 66.5. The summed E-state index contributed by atoms with van der Waals surface area (Å²) >= 11 is 0. The van der Waals surface area contributed by atoms with Gasteiger partial charge in [0.15, 0.2) is 0 Å². The Morgan fingerprint density at radius 1 is 1.27 bits per heavy atom. The van der Waals surface area contributed by atoms with Crippen LogP contribution >= 0.6 is 24.8 Å². The smallest absolute Gasteiger partial charge is 0.0558 e. The number of nitrogens with one attached hydrogen (secondary N) is 1. The average Bonchev–Trinajstić information content (AvgIpc) is 1.85. The lowest BCUT2D eigenvalue weighted by Crippen LogP contribution is -2.29. The monoisotopic (exact) mass is 204 g/mol. The summed E-state index contributed by atoms with van der Waals surface area (Å²) in [6.45, 7) is 3.00. The second-order valence-electron chi connectivity index (χ2n) is 2.13. The zero-order valence-corrected chi connectivity index (χ0v) is 8.67. The van der Waals surface area contributed by atoms with E-state index in [2.05, 4.69) is 10.2 Å². The quantitative estimate of drug-likeness (QED) is 0.661. The Labute approximate surface area is 81.0 Å². The molecule has 0 amide bonds. The van der Waals surface area contributed by atoms with Crippen LogP contribution in [-0.2, 0) is 0 Å². The highest BCUT2D eigenvalue weighted by Gasteiger charge is 1.92. The molecular formula is C6H18Cl2N2O. The molecule has 0 unspecified atom stereocenters. The second-order valence-corrected chi connectivity index (χ2v) is 2.13. The van der Waals surface area contributed by atoms with Gasteiger partial charge >= 0.3 is 0 Å².